The Kier molecular flexibility index (Phi) is 4.88. The highest BCUT2D eigenvalue weighted by molar-refractivity contribution is 5.92. The number of hydrogen-bond donors (Lipinski definition) is 1. The maximum atomic E-state index is 13.0. The number of ether oxygens (including phenoxy) is 1. The minimum Gasteiger partial charge on any atom is -0.444 e. The Hall–Kier alpha value is -3.41. The summed E-state index contributed by atoms with van der Waals surface area (Å²) in [5.74, 6) is 0. The van der Waals surface area contributed by atoms with Gasteiger partial charge < -0.3 is 14.6 Å². The third-order valence-corrected chi connectivity index (χ3v) is 6.10. The molecule has 1 fully saturated rings. The van der Waals surface area contributed by atoms with Gasteiger partial charge in [-0.25, -0.2) is 9.78 Å². The highest BCUT2D eigenvalue weighted by Crippen LogP contribution is 2.39. The van der Waals surface area contributed by atoms with Crippen molar-refractivity contribution in [1.29, 1.82) is 0 Å². The molecule has 0 bridgehead atoms. The molecule has 1 unspecified atom stereocenters. The van der Waals surface area contributed by atoms with Gasteiger partial charge in [0.25, 0.3) is 0 Å². The zero-order chi connectivity index (χ0) is 22.5. The highest BCUT2D eigenvalue weighted by atomic mass is 16.6. The van der Waals surface area contributed by atoms with Crippen LogP contribution in [0.2, 0.25) is 0 Å². The summed E-state index contributed by atoms with van der Waals surface area (Å²) < 4.78 is 5.71. The molecule has 32 heavy (non-hydrogen) atoms. The van der Waals surface area contributed by atoms with Crippen molar-refractivity contribution in [1.82, 2.24) is 19.9 Å². The van der Waals surface area contributed by atoms with Gasteiger partial charge in [-0.1, -0.05) is 0 Å². The van der Waals surface area contributed by atoms with E-state index in [4.69, 9.17) is 4.74 Å². The zero-order valence-electron chi connectivity index (χ0n) is 19.0. The van der Waals surface area contributed by atoms with Crippen LogP contribution in [0.4, 0.5) is 4.79 Å². The Balaban J connectivity index is 1.62. The van der Waals surface area contributed by atoms with Gasteiger partial charge in [-0.3, -0.25) is 4.98 Å². The van der Waals surface area contributed by atoms with Crippen molar-refractivity contribution in [2.24, 2.45) is 0 Å². The largest absolute Gasteiger partial charge is 0.444 e. The van der Waals surface area contributed by atoms with E-state index in [1.54, 1.807) is 0 Å². The van der Waals surface area contributed by atoms with Crippen LogP contribution in [0.5, 0.6) is 0 Å². The van der Waals surface area contributed by atoms with Crippen molar-refractivity contribution in [3.8, 4) is 11.1 Å². The molecule has 1 aliphatic heterocycles. The Morgan fingerprint density at radius 2 is 2.00 bits per heavy atom. The predicted molar refractivity (Wildman–Crippen MR) is 126 cm³/mol. The van der Waals surface area contributed by atoms with Crippen molar-refractivity contribution in [2.45, 2.75) is 52.2 Å². The van der Waals surface area contributed by atoms with E-state index in [1.807, 2.05) is 56.5 Å². The number of nitrogens with zero attached hydrogens (tertiary/aromatic N) is 3. The van der Waals surface area contributed by atoms with Gasteiger partial charge in [0.05, 0.1) is 6.04 Å². The van der Waals surface area contributed by atoms with Gasteiger partial charge in [0, 0.05) is 47.7 Å². The van der Waals surface area contributed by atoms with Gasteiger partial charge in [0.15, 0.2) is 0 Å². The number of H-pyrrole nitrogens is 1. The van der Waals surface area contributed by atoms with Crippen LogP contribution in [0.15, 0.2) is 49.1 Å². The summed E-state index contributed by atoms with van der Waals surface area (Å²) in [5, 5.41) is 3.30. The molecule has 1 saturated heterocycles. The van der Waals surface area contributed by atoms with E-state index in [9.17, 15) is 4.79 Å². The van der Waals surface area contributed by atoms with Gasteiger partial charge in [0.2, 0.25) is 0 Å². The van der Waals surface area contributed by atoms with E-state index in [1.165, 1.54) is 5.56 Å². The molecule has 5 rings (SSSR count). The van der Waals surface area contributed by atoms with E-state index in [0.717, 1.165) is 51.3 Å². The number of pyridine rings is 2. The number of likely N-dealkylation sites (tertiary alicyclic amines) is 1. The number of rotatable bonds is 2. The molecule has 3 aromatic heterocycles. The van der Waals surface area contributed by atoms with Crippen LogP contribution in [-0.4, -0.2) is 38.1 Å². The van der Waals surface area contributed by atoms with Gasteiger partial charge in [-0.2, -0.15) is 0 Å². The lowest BCUT2D eigenvalue weighted by Gasteiger charge is -2.29. The Morgan fingerprint density at radius 1 is 1.16 bits per heavy atom. The van der Waals surface area contributed by atoms with Gasteiger partial charge in [0.1, 0.15) is 11.2 Å². The second-order valence-corrected chi connectivity index (χ2v) is 9.59. The fourth-order valence-corrected chi connectivity index (χ4v) is 4.59. The third-order valence-electron chi connectivity index (χ3n) is 6.10. The molecule has 4 aromatic rings. The van der Waals surface area contributed by atoms with Crippen LogP contribution < -0.4 is 0 Å². The first-order valence-corrected chi connectivity index (χ1v) is 11.1. The number of carbonyl (C=O) groups is 1. The topological polar surface area (TPSA) is 71.1 Å². The second kappa shape index (κ2) is 7.62. The molecular weight excluding hydrogens is 400 g/mol. The van der Waals surface area contributed by atoms with E-state index in [0.29, 0.717) is 6.54 Å². The fraction of sp³-hybridized carbons (Fsp3) is 0.346. The van der Waals surface area contributed by atoms with E-state index in [-0.39, 0.29) is 12.1 Å². The number of carbonyl (C=O) groups excluding carboxylic acids is 1. The van der Waals surface area contributed by atoms with E-state index >= 15 is 0 Å². The van der Waals surface area contributed by atoms with E-state index in [2.05, 4.69) is 40.1 Å². The lowest BCUT2D eigenvalue weighted by atomic mass is 9.93. The van der Waals surface area contributed by atoms with Gasteiger partial charge in [-0.05, 0) is 86.9 Å². The molecule has 1 aromatic carbocycles. The first kappa shape index (κ1) is 20.5. The van der Waals surface area contributed by atoms with Crippen LogP contribution in [0, 0.1) is 6.92 Å². The first-order chi connectivity index (χ1) is 15.3. The summed E-state index contributed by atoms with van der Waals surface area (Å²) in [4.78, 5) is 27.0. The molecule has 0 radical (unpaired) electrons. The van der Waals surface area contributed by atoms with Gasteiger partial charge in [-0.15, -0.1) is 0 Å². The van der Waals surface area contributed by atoms with Gasteiger partial charge >= 0.3 is 6.09 Å². The fourth-order valence-electron chi connectivity index (χ4n) is 4.59. The molecule has 0 aliphatic carbocycles. The molecular formula is C26H28N4O2. The molecule has 6 nitrogen and oxygen atoms in total. The number of fused-ring (bicyclic) bond motifs is 2. The average molecular weight is 429 g/mol. The van der Waals surface area contributed by atoms with Crippen molar-refractivity contribution < 1.29 is 9.53 Å². The quantitative estimate of drug-likeness (QED) is 0.415. The maximum absolute atomic E-state index is 13.0. The van der Waals surface area contributed by atoms with Crippen molar-refractivity contribution in [3.63, 3.8) is 0 Å². The summed E-state index contributed by atoms with van der Waals surface area (Å²) in [6.45, 7) is 8.49. The Morgan fingerprint density at radius 3 is 2.81 bits per heavy atom. The van der Waals surface area contributed by atoms with E-state index < -0.39 is 5.60 Å². The van der Waals surface area contributed by atoms with Crippen molar-refractivity contribution >= 4 is 27.9 Å². The predicted octanol–water partition coefficient (Wildman–Crippen LogP) is 6.16. The molecule has 0 saturated carbocycles. The van der Waals surface area contributed by atoms with Crippen LogP contribution in [0.3, 0.4) is 0 Å². The smallest absolute Gasteiger partial charge is 0.410 e. The minimum atomic E-state index is -0.523. The minimum absolute atomic E-state index is 0.0396. The lowest BCUT2D eigenvalue weighted by Crippen LogP contribution is -2.36. The van der Waals surface area contributed by atoms with Crippen LogP contribution in [-0.2, 0) is 4.74 Å². The number of benzene rings is 1. The maximum Gasteiger partial charge on any atom is 0.410 e. The SMILES string of the molecule is Cc1c[nH]c2ncc(-c3cc(C4CCCN4C(=O)OC(C)(C)C)c4cnccc4c3)cc12. The molecule has 4 heterocycles. The molecule has 1 N–H and O–H groups in total. The van der Waals surface area contributed by atoms with Crippen molar-refractivity contribution in [2.75, 3.05) is 6.54 Å². The normalized spacial score (nSPS) is 16.8. The summed E-state index contributed by atoms with van der Waals surface area (Å²) in [5.41, 5.74) is 4.80. The lowest BCUT2D eigenvalue weighted by molar-refractivity contribution is 0.0225. The van der Waals surface area contributed by atoms with Crippen LogP contribution in [0.1, 0.15) is 50.8 Å². The highest BCUT2D eigenvalue weighted by Gasteiger charge is 2.34. The molecule has 1 atom stereocenters. The zero-order valence-corrected chi connectivity index (χ0v) is 19.0. The molecule has 6 heteroatoms. The standard InChI is InChI=1S/C26H28N4O2/c1-16-13-28-24-20(16)12-19(14-29-24)18-10-17-7-8-27-15-22(17)21(11-18)23-6-5-9-30(23)25(31)32-26(2,3)4/h7-8,10-15,23H,5-6,9H2,1-4H3,(H,28,29). The molecule has 1 amide bonds. The monoisotopic (exact) mass is 428 g/mol. The first-order valence-electron chi connectivity index (χ1n) is 11.1. The number of aryl methyl sites for hydroxylation is 1. The number of aromatic amines is 1. The number of amides is 1. The summed E-state index contributed by atoms with van der Waals surface area (Å²) in [6.07, 6.45) is 9.20. The number of hydrogen-bond acceptors (Lipinski definition) is 4. The molecule has 0 spiro atoms. The average Bonchev–Trinajstić information content (AvgIpc) is 3.39. The molecule has 164 valence electrons. The number of nitrogens with one attached hydrogen (secondary N) is 1. The number of aromatic nitrogens is 3. The third kappa shape index (κ3) is 3.70. The van der Waals surface area contributed by atoms with Crippen LogP contribution in [0.25, 0.3) is 32.9 Å². The second-order valence-electron chi connectivity index (χ2n) is 9.59. The summed E-state index contributed by atoms with van der Waals surface area (Å²) in [6, 6.07) is 8.55. The molecule has 1 aliphatic rings. The summed E-state index contributed by atoms with van der Waals surface area (Å²) >= 11 is 0. The Bertz CT molecular complexity index is 1320. The van der Waals surface area contributed by atoms with Crippen molar-refractivity contribution in [3.05, 3.63) is 60.2 Å². The van der Waals surface area contributed by atoms with Crippen LogP contribution >= 0.6 is 0 Å². The Labute approximate surface area is 187 Å². The summed E-state index contributed by atoms with van der Waals surface area (Å²) in [7, 11) is 0.